The van der Waals surface area contributed by atoms with Gasteiger partial charge in [0.05, 0.1) is 6.61 Å². The molecule has 3 N–H and O–H groups in total. The first-order valence-corrected chi connectivity index (χ1v) is 5.48. The number of carboxylic acid groups (broad SMARTS) is 1. The maximum Gasteiger partial charge on any atom is 0.326 e. The summed E-state index contributed by atoms with van der Waals surface area (Å²) in [4.78, 5) is 22.0. The van der Waals surface area contributed by atoms with Gasteiger partial charge in [0.25, 0.3) is 0 Å². The first kappa shape index (κ1) is 12.8. The molecule has 1 aliphatic heterocycles. The first-order chi connectivity index (χ1) is 7.63. The monoisotopic (exact) mass is 230 g/mol. The minimum atomic E-state index is -1.01. The lowest BCUT2D eigenvalue weighted by Crippen LogP contribution is -2.46. The zero-order valence-electron chi connectivity index (χ0n) is 9.36. The molecule has 1 aliphatic rings. The molecule has 0 aromatic rings. The predicted molar refractivity (Wildman–Crippen MR) is 57.2 cm³/mol. The van der Waals surface area contributed by atoms with Crippen LogP contribution in [-0.4, -0.2) is 42.9 Å². The van der Waals surface area contributed by atoms with Crippen molar-refractivity contribution in [3.8, 4) is 0 Å². The number of carbonyl (C=O) groups is 2. The van der Waals surface area contributed by atoms with Gasteiger partial charge in [0.15, 0.2) is 0 Å². The lowest BCUT2D eigenvalue weighted by atomic mass is 10.1. The van der Waals surface area contributed by atoms with E-state index in [0.29, 0.717) is 25.5 Å². The van der Waals surface area contributed by atoms with E-state index in [2.05, 4.69) is 10.6 Å². The van der Waals surface area contributed by atoms with Crippen molar-refractivity contribution >= 4 is 12.0 Å². The molecule has 0 bridgehead atoms. The van der Waals surface area contributed by atoms with E-state index in [1.165, 1.54) is 0 Å². The summed E-state index contributed by atoms with van der Waals surface area (Å²) in [6.07, 6.45) is 1.31. The molecule has 0 aromatic heterocycles. The summed E-state index contributed by atoms with van der Waals surface area (Å²) in [6, 6.07) is -1.25. The van der Waals surface area contributed by atoms with Crippen LogP contribution in [0.4, 0.5) is 4.79 Å². The Morgan fingerprint density at radius 3 is 2.81 bits per heavy atom. The molecule has 1 heterocycles. The maximum atomic E-state index is 11.3. The standard InChI is InChI=1S/C10H18N2O4/c1-2-8(9(13)14)12-10(15)11-5-7-3-4-16-6-7/h7-8H,2-6H2,1H3,(H,13,14)(H2,11,12,15)/t7?,8-/m0/s1. The molecule has 1 unspecified atom stereocenters. The molecule has 1 saturated heterocycles. The van der Waals surface area contributed by atoms with Gasteiger partial charge in [-0.15, -0.1) is 0 Å². The lowest BCUT2D eigenvalue weighted by molar-refractivity contribution is -0.139. The van der Waals surface area contributed by atoms with Crippen molar-refractivity contribution in [3.05, 3.63) is 0 Å². The fraction of sp³-hybridized carbons (Fsp3) is 0.800. The van der Waals surface area contributed by atoms with E-state index < -0.39 is 18.0 Å². The highest BCUT2D eigenvalue weighted by atomic mass is 16.5. The van der Waals surface area contributed by atoms with Crippen LogP contribution in [0, 0.1) is 5.92 Å². The fourth-order valence-corrected chi connectivity index (χ4v) is 1.53. The molecule has 0 aromatic carbocycles. The van der Waals surface area contributed by atoms with Gasteiger partial charge in [-0.05, 0) is 12.8 Å². The van der Waals surface area contributed by atoms with Crippen molar-refractivity contribution in [2.75, 3.05) is 19.8 Å². The fourth-order valence-electron chi connectivity index (χ4n) is 1.53. The lowest BCUT2D eigenvalue weighted by Gasteiger charge is -2.14. The van der Waals surface area contributed by atoms with Crippen LogP contribution in [0.2, 0.25) is 0 Å². The number of carboxylic acids is 1. The van der Waals surface area contributed by atoms with Gasteiger partial charge >= 0.3 is 12.0 Å². The molecule has 1 rings (SSSR count). The number of hydrogen-bond acceptors (Lipinski definition) is 3. The summed E-state index contributed by atoms with van der Waals surface area (Å²) in [5.41, 5.74) is 0. The summed E-state index contributed by atoms with van der Waals surface area (Å²) in [5, 5.41) is 13.8. The third kappa shape index (κ3) is 4.06. The van der Waals surface area contributed by atoms with Crippen LogP contribution in [0.5, 0.6) is 0 Å². The number of amides is 2. The molecule has 0 spiro atoms. The van der Waals surface area contributed by atoms with Crippen molar-refractivity contribution in [2.24, 2.45) is 5.92 Å². The van der Waals surface area contributed by atoms with Crippen molar-refractivity contribution < 1.29 is 19.4 Å². The van der Waals surface area contributed by atoms with Crippen molar-refractivity contribution in [3.63, 3.8) is 0 Å². The number of urea groups is 1. The molecule has 16 heavy (non-hydrogen) atoms. The first-order valence-electron chi connectivity index (χ1n) is 5.48. The predicted octanol–water partition coefficient (Wildman–Crippen LogP) is 0.185. The summed E-state index contributed by atoms with van der Waals surface area (Å²) in [6.45, 7) is 3.64. The largest absolute Gasteiger partial charge is 0.480 e. The van der Waals surface area contributed by atoms with E-state index in [-0.39, 0.29) is 0 Å². The Bertz CT molecular complexity index is 251. The minimum Gasteiger partial charge on any atom is -0.480 e. The van der Waals surface area contributed by atoms with Gasteiger partial charge in [-0.2, -0.15) is 0 Å². The molecule has 2 atom stereocenters. The van der Waals surface area contributed by atoms with E-state index in [0.717, 1.165) is 13.0 Å². The molecule has 6 nitrogen and oxygen atoms in total. The van der Waals surface area contributed by atoms with Crippen LogP contribution in [0.25, 0.3) is 0 Å². The molecule has 2 amide bonds. The molecular weight excluding hydrogens is 212 g/mol. The third-order valence-electron chi connectivity index (χ3n) is 2.59. The highest BCUT2D eigenvalue weighted by molar-refractivity contribution is 5.82. The van der Waals surface area contributed by atoms with Crippen LogP contribution < -0.4 is 10.6 Å². The average molecular weight is 230 g/mol. The van der Waals surface area contributed by atoms with Crippen molar-refractivity contribution in [2.45, 2.75) is 25.8 Å². The number of rotatable bonds is 5. The Balaban J connectivity index is 2.21. The Morgan fingerprint density at radius 2 is 2.31 bits per heavy atom. The molecular formula is C10H18N2O4. The highest BCUT2D eigenvalue weighted by Crippen LogP contribution is 2.10. The number of ether oxygens (including phenoxy) is 1. The quantitative estimate of drug-likeness (QED) is 0.629. The number of nitrogens with one attached hydrogen (secondary N) is 2. The second-order valence-electron chi connectivity index (χ2n) is 3.88. The van der Waals surface area contributed by atoms with E-state index in [4.69, 9.17) is 9.84 Å². The Hall–Kier alpha value is -1.30. The van der Waals surface area contributed by atoms with E-state index >= 15 is 0 Å². The van der Waals surface area contributed by atoms with Crippen LogP contribution in [0.3, 0.4) is 0 Å². The van der Waals surface area contributed by atoms with Gasteiger partial charge in [-0.3, -0.25) is 0 Å². The van der Waals surface area contributed by atoms with Crippen molar-refractivity contribution in [1.29, 1.82) is 0 Å². The van der Waals surface area contributed by atoms with E-state index in [1.807, 2.05) is 0 Å². The highest BCUT2D eigenvalue weighted by Gasteiger charge is 2.19. The van der Waals surface area contributed by atoms with Crippen molar-refractivity contribution in [1.82, 2.24) is 10.6 Å². The Morgan fingerprint density at radius 1 is 1.56 bits per heavy atom. The van der Waals surface area contributed by atoms with Gasteiger partial charge in [0.2, 0.25) is 0 Å². The number of carbonyl (C=O) groups excluding carboxylic acids is 1. The number of aliphatic carboxylic acids is 1. The zero-order chi connectivity index (χ0) is 12.0. The summed E-state index contributed by atoms with van der Waals surface area (Å²) in [7, 11) is 0. The Kier molecular flexibility index (Phi) is 5.04. The zero-order valence-corrected chi connectivity index (χ0v) is 9.36. The Labute approximate surface area is 94.3 Å². The van der Waals surface area contributed by atoms with Gasteiger partial charge < -0.3 is 20.5 Å². The van der Waals surface area contributed by atoms with Gasteiger partial charge in [-0.25, -0.2) is 9.59 Å². The van der Waals surface area contributed by atoms with Crippen LogP contribution in [-0.2, 0) is 9.53 Å². The molecule has 92 valence electrons. The second-order valence-corrected chi connectivity index (χ2v) is 3.88. The molecule has 1 fully saturated rings. The number of hydrogen-bond donors (Lipinski definition) is 3. The third-order valence-corrected chi connectivity index (χ3v) is 2.59. The molecule has 0 radical (unpaired) electrons. The van der Waals surface area contributed by atoms with Gasteiger partial charge in [0, 0.05) is 19.1 Å². The molecule has 6 heteroatoms. The SMILES string of the molecule is CC[C@H](NC(=O)NCC1CCOC1)C(=O)O. The minimum absolute atomic E-state index is 0.343. The summed E-state index contributed by atoms with van der Waals surface area (Å²) < 4.78 is 5.16. The van der Waals surface area contributed by atoms with Gasteiger partial charge in [0.1, 0.15) is 6.04 Å². The van der Waals surface area contributed by atoms with Crippen LogP contribution in [0.1, 0.15) is 19.8 Å². The van der Waals surface area contributed by atoms with Gasteiger partial charge in [-0.1, -0.05) is 6.92 Å². The smallest absolute Gasteiger partial charge is 0.326 e. The molecule has 0 aliphatic carbocycles. The summed E-state index contributed by atoms with van der Waals surface area (Å²) in [5.74, 6) is -0.669. The molecule has 0 saturated carbocycles. The summed E-state index contributed by atoms with van der Waals surface area (Å²) >= 11 is 0. The topological polar surface area (TPSA) is 87.7 Å². The van der Waals surface area contributed by atoms with Crippen LogP contribution >= 0.6 is 0 Å². The second kappa shape index (κ2) is 6.32. The van der Waals surface area contributed by atoms with E-state index in [9.17, 15) is 9.59 Å². The average Bonchev–Trinajstić information content (AvgIpc) is 2.75. The van der Waals surface area contributed by atoms with Crippen LogP contribution in [0.15, 0.2) is 0 Å². The normalized spacial score (nSPS) is 21.4. The van der Waals surface area contributed by atoms with E-state index in [1.54, 1.807) is 6.92 Å². The maximum absolute atomic E-state index is 11.3.